The summed E-state index contributed by atoms with van der Waals surface area (Å²) in [5.41, 5.74) is 1.36. The third-order valence-corrected chi connectivity index (χ3v) is 3.79. The SMILES string of the molecule is Clc1ccc([C@@H]2CN(C3CC3)CCN2)cc1. The standard InChI is InChI=1S/C13H17ClN2/c14-11-3-1-10(2-4-11)13-9-16(8-7-15-13)12-5-6-12/h1-4,12-13,15H,5-9H2/t13-/m0/s1. The van der Waals surface area contributed by atoms with Gasteiger partial charge in [0.05, 0.1) is 0 Å². The summed E-state index contributed by atoms with van der Waals surface area (Å²) in [7, 11) is 0. The molecular formula is C13H17ClN2. The Kier molecular flexibility index (Phi) is 2.88. The molecule has 2 nitrogen and oxygen atoms in total. The molecule has 1 atom stereocenters. The monoisotopic (exact) mass is 236 g/mol. The molecule has 1 aliphatic carbocycles. The second-order valence-corrected chi connectivity index (χ2v) is 5.22. The predicted molar refractivity (Wildman–Crippen MR) is 66.8 cm³/mol. The zero-order valence-electron chi connectivity index (χ0n) is 9.32. The van der Waals surface area contributed by atoms with Gasteiger partial charge < -0.3 is 5.32 Å². The smallest absolute Gasteiger partial charge is 0.0449 e. The van der Waals surface area contributed by atoms with Crippen LogP contribution in [0, 0.1) is 0 Å². The minimum absolute atomic E-state index is 0.478. The Morgan fingerprint density at radius 1 is 1.19 bits per heavy atom. The van der Waals surface area contributed by atoms with E-state index in [2.05, 4.69) is 22.3 Å². The molecule has 1 saturated heterocycles. The molecule has 3 heteroatoms. The molecule has 0 unspecified atom stereocenters. The summed E-state index contributed by atoms with van der Waals surface area (Å²) in [6.07, 6.45) is 2.79. The Labute approximate surface area is 102 Å². The quantitative estimate of drug-likeness (QED) is 0.849. The second-order valence-electron chi connectivity index (χ2n) is 4.78. The molecule has 0 bridgehead atoms. The average Bonchev–Trinajstić information content (AvgIpc) is 3.14. The Balaban J connectivity index is 1.71. The molecule has 1 aliphatic heterocycles. The summed E-state index contributed by atoms with van der Waals surface area (Å²) in [4.78, 5) is 2.62. The molecule has 0 aromatic heterocycles. The van der Waals surface area contributed by atoms with Crippen LogP contribution in [-0.4, -0.2) is 30.6 Å². The van der Waals surface area contributed by atoms with Crippen LogP contribution in [0.25, 0.3) is 0 Å². The Morgan fingerprint density at radius 2 is 1.94 bits per heavy atom. The first-order valence-electron chi connectivity index (χ1n) is 6.06. The van der Waals surface area contributed by atoms with Crippen molar-refractivity contribution in [1.82, 2.24) is 10.2 Å². The van der Waals surface area contributed by atoms with Crippen LogP contribution in [0.3, 0.4) is 0 Å². The van der Waals surface area contributed by atoms with Gasteiger partial charge in [0.2, 0.25) is 0 Å². The maximum atomic E-state index is 5.91. The van der Waals surface area contributed by atoms with E-state index in [4.69, 9.17) is 11.6 Å². The number of piperazine rings is 1. The van der Waals surface area contributed by atoms with E-state index in [-0.39, 0.29) is 0 Å². The first kappa shape index (κ1) is 10.6. The van der Waals surface area contributed by atoms with Gasteiger partial charge in [0.15, 0.2) is 0 Å². The molecule has 2 aliphatic rings. The topological polar surface area (TPSA) is 15.3 Å². The van der Waals surface area contributed by atoms with E-state index >= 15 is 0 Å². The fourth-order valence-electron chi connectivity index (χ4n) is 2.46. The molecule has 0 radical (unpaired) electrons. The molecule has 1 saturated carbocycles. The van der Waals surface area contributed by atoms with Crippen molar-refractivity contribution in [3.05, 3.63) is 34.9 Å². The van der Waals surface area contributed by atoms with Gasteiger partial charge in [-0.2, -0.15) is 0 Å². The fraction of sp³-hybridized carbons (Fsp3) is 0.538. The van der Waals surface area contributed by atoms with Crippen molar-refractivity contribution in [3.8, 4) is 0 Å². The number of halogens is 1. The highest BCUT2D eigenvalue weighted by Gasteiger charge is 2.32. The van der Waals surface area contributed by atoms with Crippen LogP contribution in [0.4, 0.5) is 0 Å². The number of nitrogens with one attached hydrogen (secondary N) is 1. The summed E-state index contributed by atoms with van der Waals surface area (Å²) in [6.45, 7) is 3.45. The third-order valence-electron chi connectivity index (χ3n) is 3.54. The van der Waals surface area contributed by atoms with Gasteiger partial charge in [-0.05, 0) is 30.5 Å². The normalized spacial score (nSPS) is 26.9. The summed E-state index contributed by atoms with van der Waals surface area (Å²) in [6, 6.07) is 9.58. The van der Waals surface area contributed by atoms with E-state index in [0.717, 1.165) is 24.2 Å². The number of hydrogen-bond donors (Lipinski definition) is 1. The molecule has 86 valence electrons. The second kappa shape index (κ2) is 4.36. The minimum Gasteiger partial charge on any atom is -0.308 e. The van der Waals surface area contributed by atoms with Gasteiger partial charge in [-0.1, -0.05) is 23.7 Å². The molecule has 1 heterocycles. The van der Waals surface area contributed by atoms with Gasteiger partial charge in [-0.25, -0.2) is 0 Å². The van der Waals surface area contributed by atoms with Crippen molar-refractivity contribution in [1.29, 1.82) is 0 Å². The van der Waals surface area contributed by atoms with Crippen molar-refractivity contribution in [2.75, 3.05) is 19.6 Å². The van der Waals surface area contributed by atoms with Gasteiger partial charge >= 0.3 is 0 Å². The summed E-state index contributed by atoms with van der Waals surface area (Å²) in [5.74, 6) is 0. The molecule has 2 fully saturated rings. The Bertz CT molecular complexity index is 359. The Hall–Kier alpha value is -0.570. The van der Waals surface area contributed by atoms with E-state index in [0.29, 0.717) is 6.04 Å². The highest BCUT2D eigenvalue weighted by molar-refractivity contribution is 6.30. The molecule has 0 spiro atoms. The lowest BCUT2D eigenvalue weighted by Gasteiger charge is -2.34. The lowest BCUT2D eigenvalue weighted by Crippen LogP contribution is -2.46. The summed E-state index contributed by atoms with van der Waals surface area (Å²) >= 11 is 5.91. The van der Waals surface area contributed by atoms with Gasteiger partial charge in [-0.15, -0.1) is 0 Å². The average molecular weight is 237 g/mol. The predicted octanol–water partition coefficient (Wildman–Crippen LogP) is 2.45. The van der Waals surface area contributed by atoms with Crippen LogP contribution in [0.1, 0.15) is 24.4 Å². The molecule has 1 aromatic rings. The summed E-state index contributed by atoms with van der Waals surface area (Å²) < 4.78 is 0. The van der Waals surface area contributed by atoms with E-state index in [1.807, 2.05) is 12.1 Å². The van der Waals surface area contributed by atoms with Crippen molar-refractivity contribution in [2.45, 2.75) is 24.9 Å². The molecule has 1 N–H and O–H groups in total. The zero-order chi connectivity index (χ0) is 11.0. The lowest BCUT2D eigenvalue weighted by atomic mass is 10.0. The van der Waals surface area contributed by atoms with E-state index < -0.39 is 0 Å². The number of benzene rings is 1. The van der Waals surface area contributed by atoms with Gasteiger partial charge in [-0.3, -0.25) is 4.90 Å². The highest BCUT2D eigenvalue weighted by Crippen LogP contribution is 2.30. The Morgan fingerprint density at radius 3 is 2.62 bits per heavy atom. The van der Waals surface area contributed by atoms with Gasteiger partial charge in [0.1, 0.15) is 0 Å². The fourth-order valence-corrected chi connectivity index (χ4v) is 2.59. The minimum atomic E-state index is 0.478. The van der Waals surface area contributed by atoms with E-state index in [1.54, 1.807) is 0 Å². The molecule has 0 amide bonds. The third kappa shape index (κ3) is 2.24. The van der Waals surface area contributed by atoms with Crippen molar-refractivity contribution in [3.63, 3.8) is 0 Å². The van der Waals surface area contributed by atoms with Crippen LogP contribution in [0.15, 0.2) is 24.3 Å². The van der Waals surface area contributed by atoms with E-state index in [9.17, 15) is 0 Å². The highest BCUT2D eigenvalue weighted by atomic mass is 35.5. The molecule has 3 rings (SSSR count). The number of nitrogens with zero attached hydrogens (tertiary/aromatic N) is 1. The van der Waals surface area contributed by atoms with Crippen molar-refractivity contribution < 1.29 is 0 Å². The molecular weight excluding hydrogens is 220 g/mol. The summed E-state index contributed by atoms with van der Waals surface area (Å²) in [5, 5.41) is 4.40. The molecule has 16 heavy (non-hydrogen) atoms. The van der Waals surface area contributed by atoms with Gasteiger partial charge in [0, 0.05) is 36.7 Å². The van der Waals surface area contributed by atoms with Crippen LogP contribution in [0.2, 0.25) is 5.02 Å². The zero-order valence-corrected chi connectivity index (χ0v) is 10.1. The van der Waals surface area contributed by atoms with Crippen LogP contribution >= 0.6 is 11.6 Å². The van der Waals surface area contributed by atoms with Crippen LogP contribution < -0.4 is 5.32 Å². The van der Waals surface area contributed by atoms with Crippen LogP contribution in [-0.2, 0) is 0 Å². The van der Waals surface area contributed by atoms with Crippen LogP contribution in [0.5, 0.6) is 0 Å². The van der Waals surface area contributed by atoms with E-state index in [1.165, 1.54) is 24.9 Å². The number of hydrogen-bond acceptors (Lipinski definition) is 2. The molecule has 1 aromatic carbocycles. The maximum absolute atomic E-state index is 5.91. The van der Waals surface area contributed by atoms with Gasteiger partial charge in [0.25, 0.3) is 0 Å². The largest absolute Gasteiger partial charge is 0.308 e. The first-order chi connectivity index (χ1) is 7.83. The van der Waals surface area contributed by atoms with Crippen molar-refractivity contribution >= 4 is 11.6 Å². The first-order valence-corrected chi connectivity index (χ1v) is 6.43. The van der Waals surface area contributed by atoms with Crippen molar-refractivity contribution in [2.24, 2.45) is 0 Å². The maximum Gasteiger partial charge on any atom is 0.0449 e. The lowest BCUT2D eigenvalue weighted by molar-refractivity contribution is 0.192. The number of rotatable bonds is 2.